The van der Waals surface area contributed by atoms with Crippen LogP contribution in [-0.2, 0) is 4.74 Å². The van der Waals surface area contributed by atoms with Crippen LogP contribution in [0.25, 0.3) is 0 Å². The number of hydrogen-bond acceptors (Lipinski definition) is 4. The van der Waals surface area contributed by atoms with E-state index >= 15 is 0 Å². The molecule has 0 spiro atoms. The van der Waals surface area contributed by atoms with Gasteiger partial charge >= 0.3 is 0 Å². The third-order valence-electron chi connectivity index (χ3n) is 4.23. The van der Waals surface area contributed by atoms with Crippen molar-refractivity contribution in [1.82, 2.24) is 9.80 Å². The standard InChI is InChI=1S/C14H29N3O/c1-2-18-14-4-3-7-17(12-14)11-10-16-8-5-13(15)6-9-16/h13-14H,2-12,15H2,1H3. The summed E-state index contributed by atoms with van der Waals surface area (Å²) in [6, 6.07) is 0.443. The van der Waals surface area contributed by atoms with Crippen molar-refractivity contribution in [3.05, 3.63) is 0 Å². The lowest BCUT2D eigenvalue weighted by Crippen LogP contribution is -2.46. The second kappa shape index (κ2) is 7.43. The zero-order valence-electron chi connectivity index (χ0n) is 11.8. The molecule has 0 aromatic rings. The van der Waals surface area contributed by atoms with Gasteiger partial charge in [-0.3, -0.25) is 4.90 Å². The van der Waals surface area contributed by atoms with Crippen molar-refractivity contribution >= 4 is 0 Å². The number of rotatable bonds is 5. The molecule has 18 heavy (non-hydrogen) atoms. The van der Waals surface area contributed by atoms with Gasteiger partial charge in [0, 0.05) is 32.3 Å². The van der Waals surface area contributed by atoms with E-state index < -0.39 is 0 Å². The van der Waals surface area contributed by atoms with Gasteiger partial charge < -0.3 is 15.4 Å². The topological polar surface area (TPSA) is 41.7 Å². The predicted octanol–water partition coefficient (Wildman–Crippen LogP) is 0.910. The van der Waals surface area contributed by atoms with Crippen LogP contribution in [0.3, 0.4) is 0 Å². The molecule has 0 radical (unpaired) electrons. The molecule has 0 amide bonds. The van der Waals surface area contributed by atoms with E-state index in [9.17, 15) is 0 Å². The maximum Gasteiger partial charge on any atom is 0.0702 e. The minimum absolute atomic E-state index is 0.443. The molecule has 2 saturated heterocycles. The van der Waals surface area contributed by atoms with E-state index in [1.807, 2.05) is 0 Å². The van der Waals surface area contributed by atoms with Gasteiger partial charge in [-0.25, -0.2) is 0 Å². The summed E-state index contributed by atoms with van der Waals surface area (Å²) in [6.07, 6.45) is 5.33. The third-order valence-corrected chi connectivity index (χ3v) is 4.23. The number of hydrogen-bond donors (Lipinski definition) is 1. The zero-order valence-corrected chi connectivity index (χ0v) is 11.8. The molecule has 2 aliphatic rings. The van der Waals surface area contributed by atoms with E-state index in [0.29, 0.717) is 12.1 Å². The van der Waals surface area contributed by atoms with Crippen molar-refractivity contribution in [2.75, 3.05) is 45.9 Å². The molecule has 0 aromatic carbocycles. The van der Waals surface area contributed by atoms with Gasteiger partial charge in [0.25, 0.3) is 0 Å². The average Bonchev–Trinajstić information content (AvgIpc) is 2.39. The fourth-order valence-corrected chi connectivity index (χ4v) is 3.05. The molecular weight excluding hydrogens is 226 g/mol. The summed E-state index contributed by atoms with van der Waals surface area (Å²) >= 11 is 0. The van der Waals surface area contributed by atoms with E-state index in [-0.39, 0.29) is 0 Å². The highest BCUT2D eigenvalue weighted by atomic mass is 16.5. The first-order valence-electron chi connectivity index (χ1n) is 7.60. The van der Waals surface area contributed by atoms with E-state index in [4.69, 9.17) is 10.5 Å². The Morgan fingerprint density at radius 3 is 2.50 bits per heavy atom. The lowest BCUT2D eigenvalue weighted by molar-refractivity contribution is 0.00316. The summed E-state index contributed by atoms with van der Waals surface area (Å²) in [5, 5.41) is 0. The summed E-state index contributed by atoms with van der Waals surface area (Å²) in [6.45, 7) is 10.1. The van der Waals surface area contributed by atoms with Crippen LogP contribution in [0.4, 0.5) is 0 Å². The Morgan fingerprint density at radius 2 is 1.78 bits per heavy atom. The van der Waals surface area contributed by atoms with Gasteiger partial charge in [0.15, 0.2) is 0 Å². The van der Waals surface area contributed by atoms with Gasteiger partial charge in [-0.1, -0.05) is 0 Å². The highest BCUT2D eigenvalue weighted by Crippen LogP contribution is 2.14. The van der Waals surface area contributed by atoms with Crippen molar-refractivity contribution in [1.29, 1.82) is 0 Å². The maximum absolute atomic E-state index is 5.93. The van der Waals surface area contributed by atoms with Crippen LogP contribution in [0.2, 0.25) is 0 Å². The summed E-state index contributed by atoms with van der Waals surface area (Å²) in [7, 11) is 0. The van der Waals surface area contributed by atoms with Gasteiger partial charge in [-0.05, 0) is 52.2 Å². The van der Waals surface area contributed by atoms with Crippen molar-refractivity contribution < 1.29 is 4.74 Å². The van der Waals surface area contributed by atoms with Crippen molar-refractivity contribution in [3.63, 3.8) is 0 Å². The van der Waals surface area contributed by atoms with Crippen molar-refractivity contribution in [2.45, 2.75) is 44.8 Å². The van der Waals surface area contributed by atoms with E-state index in [1.165, 1.54) is 58.4 Å². The van der Waals surface area contributed by atoms with Crippen LogP contribution in [0.15, 0.2) is 0 Å². The first-order chi connectivity index (χ1) is 8.78. The second-order valence-corrected chi connectivity index (χ2v) is 5.70. The van der Waals surface area contributed by atoms with Crippen LogP contribution in [0.5, 0.6) is 0 Å². The second-order valence-electron chi connectivity index (χ2n) is 5.70. The van der Waals surface area contributed by atoms with Gasteiger partial charge in [0.2, 0.25) is 0 Å². The Kier molecular flexibility index (Phi) is 5.89. The fraction of sp³-hybridized carbons (Fsp3) is 1.00. The van der Waals surface area contributed by atoms with Crippen molar-refractivity contribution in [3.8, 4) is 0 Å². The monoisotopic (exact) mass is 255 g/mol. The minimum atomic E-state index is 0.443. The average molecular weight is 255 g/mol. The first-order valence-corrected chi connectivity index (χ1v) is 7.60. The van der Waals surface area contributed by atoms with Gasteiger partial charge in [-0.15, -0.1) is 0 Å². The lowest BCUT2D eigenvalue weighted by Gasteiger charge is -2.35. The number of nitrogens with two attached hydrogens (primary N) is 1. The maximum atomic E-state index is 5.93. The van der Waals surface area contributed by atoms with Crippen LogP contribution >= 0.6 is 0 Å². The molecule has 4 nitrogen and oxygen atoms in total. The van der Waals surface area contributed by atoms with Crippen LogP contribution in [0, 0.1) is 0 Å². The number of ether oxygens (including phenoxy) is 1. The smallest absolute Gasteiger partial charge is 0.0702 e. The Morgan fingerprint density at radius 1 is 1.06 bits per heavy atom. The largest absolute Gasteiger partial charge is 0.377 e. The lowest BCUT2D eigenvalue weighted by atomic mass is 10.1. The molecule has 0 bridgehead atoms. The van der Waals surface area contributed by atoms with Gasteiger partial charge in [0.1, 0.15) is 0 Å². The SMILES string of the molecule is CCOC1CCCN(CCN2CCC(N)CC2)C1. The quantitative estimate of drug-likeness (QED) is 0.793. The molecular formula is C14H29N3O. The summed E-state index contributed by atoms with van der Waals surface area (Å²) in [4.78, 5) is 5.13. The molecule has 4 heteroatoms. The Hall–Kier alpha value is -0.160. The van der Waals surface area contributed by atoms with Gasteiger partial charge in [0.05, 0.1) is 6.10 Å². The molecule has 2 fully saturated rings. The Bertz CT molecular complexity index is 227. The van der Waals surface area contributed by atoms with E-state index in [1.54, 1.807) is 0 Å². The summed E-state index contributed by atoms with van der Waals surface area (Å²) < 4.78 is 5.75. The molecule has 2 aliphatic heterocycles. The van der Waals surface area contributed by atoms with Crippen molar-refractivity contribution in [2.24, 2.45) is 5.73 Å². The molecule has 0 aromatic heterocycles. The molecule has 1 atom stereocenters. The highest BCUT2D eigenvalue weighted by molar-refractivity contribution is 4.77. The van der Waals surface area contributed by atoms with Crippen LogP contribution in [-0.4, -0.2) is 67.8 Å². The fourth-order valence-electron chi connectivity index (χ4n) is 3.05. The molecule has 2 heterocycles. The summed E-state index contributed by atoms with van der Waals surface area (Å²) in [5.74, 6) is 0. The number of piperidine rings is 2. The van der Waals surface area contributed by atoms with E-state index in [2.05, 4.69) is 16.7 Å². The molecule has 1 unspecified atom stereocenters. The molecule has 0 aliphatic carbocycles. The zero-order chi connectivity index (χ0) is 12.8. The molecule has 2 N–H and O–H groups in total. The number of nitrogens with zero attached hydrogens (tertiary/aromatic N) is 2. The van der Waals surface area contributed by atoms with E-state index in [0.717, 1.165) is 13.2 Å². The Balaban J connectivity index is 1.63. The third kappa shape index (κ3) is 4.50. The first kappa shape index (κ1) is 14.3. The molecule has 2 rings (SSSR count). The predicted molar refractivity (Wildman–Crippen MR) is 74.7 cm³/mol. The van der Waals surface area contributed by atoms with Crippen LogP contribution in [0.1, 0.15) is 32.6 Å². The molecule has 106 valence electrons. The van der Waals surface area contributed by atoms with Crippen LogP contribution < -0.4 is 5.73 Å². The highest BCUT2D eigenvalue weighted by Gasteiger charge is 2.21. The minimum Gasteiger partial charge on any atom is -0.377 e. The Labute approximate surface area is 111 Å². The molecule has 0 saturated carbocycles. The summed E-state index contributed by atoms with van der Waals surface area (Å²) in [5.41, 5.74) is 5.93. The van der Waals surface area contributed by atoms with Gasteiger partial charge in [-0.2, -0.15) is 0 Å². The number of likely N-dealkylation sites (tertiary alicyclic amines) is 2. The normalized spacial score (nSPS) is 28.7.